The van der Waals surface area contributed by atoms with Gasteiger partial charge in [0.05, 0.1) is 12.2 Å². The van der Waals surface area contributed by atoms with E-state index in [1.165, 1.54) is 0 Å². The van der Waals surface area contributed by atoms with Crippen LogP contribution in [0.2, 0.25) is 0 Å². The first kappa shape index (κ1) is 13.9. The normalized spacial score (nSPS) is 13.7. The van der Waals surface area contributed by atoms with Crippen LogP contribution < -0.4 is 5.32 Å². The van der Waals surface area contributed by atoms with Crippen molar-refractivity contribution in [3.63, 3.8) is 0 Å². The Hall–Kier alpha value is -2.08. The molecule has 3 rings (SSSR count). The maximum Gasteiger partial charge on any atom is 0.410 e. The molecule has 1 aromatic carbocycles. The molecule has 110 valence electrons. The Morgan fingerprint density at radius 3 is 3.00 bits per heavy atom. The zero-order chi connectivity index (χ0) is 14.7. The molecule has 1 amide bonds. The number of benzene rings is 1. The number of thiazole rings is 1. The van der Waals surface area contributed by atoms with Gasteiger partial charge in [-0.2, -0.15) is 0 Å². The third-order valence-corrected chi connectivity index (χ3v) is 4.51. The standard InChI is InChI=1S/C15H17N3O2S/c1-16-14-17-12-7-8-18(9-13(12)21-14)15(19)20-10-11-5-3-2-4-6-11/h2-6H,7-10H2,1H3,(H,16,17). The molecular formula is C15H17N3O2S. The molecule has 2 heterocycles. The van der Waals surface area contributed by atoms with Crippen LogP contribution >= 0.6 is 11.3 Å². The van der Waals surface area contributed by atoms with Gasteiger partial charge in [-0.1, -0.05) is 41.7 Å². The van der Waals surface area contributed by atoms with Gasteiger partial charge in [0.2, 0.25) is 0 Å². The summed E-state index contributed by atoms with van der Waals surface area (Å²) in [4.78, 5) is 19.5. The summed E-state index contributed by atoms with van der Waals surface area (Å²) >= 11 is 1.60. The van der Waals surface area contributed by atoms with Crippen molar-refractivity contribution in [3.8, 4) is 0 Å². The molecule has 21 heavy (non-hydrogen) atoms. The smallest absolute Gasteiger partial charge is 0.410 e. The molecule has 1 aromatic heterocycles. The van der Waals surface area contributed by atoms with Crippen LogP contribution in [0.15, 0.2) is 30.3 Å². The lowest BCUT2D eigenvalue weighted by molar-refractivity contribution is 0.0921. The summed E-state index contributed by atoms with van der Waals surface area (Å²) in [6.45, 7) is 1.56. The minimum atomic E-state index is -0.260. The third kappa shape index (κ3) is 3.16. The molecule has 0 bridgehead atoms. The van der Waals surface area contributed by atoms with Crippen molar-refractivity contribution in [1.82, 2.24) is 9.88 Å². The van der Waals surface area contributed by atoms with Gasteiger partial charge in [0.15, 0.2) is 5.13 Å². The highest BCUT2D eigenvalue weighted by Gasteiger charge is 2.24. The summed E-state index contributed by atoms with van der Waals surface area (Å²) < 4.78 is 5.37. The summed E-state index contributed by atoms with van der Waals surface area (Å²) in [5.74, 6) is 0. The number of amides is 1. The lowest BCUT2D eigenvalue weighted by Crippen LogP contribution is -2.35. The zero-order valence-electron chi connectivity index (χ0n) is 11.8. The second-order valence-electron chi connectivity index (χ2n) is 4.85. The quantitative estimate of drug-likeness (QED) is 0.947. The highest BCUT2D eigenvalue weighted by molar-refractivity contribution is 7.15. The first-order valence-electron chi connectivity index (χ1n) is 6.88. The highest BCUT2D eigenvalue weighted by atomic mass is 32.1. The van der Waals surface area contributed by atoms with Crippen LogP contribution in [0.25, 0.3) is 0 Å². The molecule has 0 unspecified atom stereocenters. The van der Waals surface area contributed by atoms with Crippen molar-refractivity contribution in [1.29, 1.82) is 0 Å². The minimum Gasteiger partial charge on any atom is -0.445 e. The van der Waals surface area contributed by atoms with Crippen LogP contribution in [-0.2, 0) is 24.3 Å². The molecule has 0 atom stereocenters. The molecule has 1 aliphatic rings. The number of anilines is 1. The van der Waals surface area contributed by atoms with Gasteiger partial charge in [0.25, 0.3) is 0 Å². The van der Waals surface area contributed by atoms with E-state index in [-0.39, 0.29) is 6.09 Å². The van der Waals surface area contributed by atoms with E-state index in [1.54, 1.807) is 16.2 Å². The number of hydrogen-bond acceptors (Lipinski definition) is 5. The molecule has 0 spiro atoms. The van der Waals surface area contributed by atoms with E-state index < -0.39 is 0 Å². The molecule has 1 N–H and O–H groups in total. The lowest BCUT2D eigenvalue weighted by atomic mass is 10.2. The van der Waals surface area contributed by atoms with Crippen molar-refractivity contribution in [2.45, 2.75) is 19.6 Å². The summed E-state index contributed by atoms with van der Waals surface area (Å²) in [7, 11) is 1.86. The second kappa shape index (κ2) is 6.13. The largest absolute Gasteiger partial charge is 0.445 e. The first-order valence-corrected chi connectivity index (χ1v) is 7.70. The number of carbonyl (C=O) groups is 1. The minimum absolute atomic E-state index is 0.260. The molecule has 5 nitrogen and oxygen atoms in total. The van der Waals surface area contributed by atoms with Gasteiger partial charge in [0.1, 0.15) is 6.61 Å². The fourth-order valence-corrected chi connectivity index (χ4v) is 3.25. The van der Waals surface area contributed by atoms with Gasteiger partial charge in [-0.15, -0.1) is 0 Å². The van der Waals surface area contributed by atoms with Crippen LogP contribution in [0.1, 0.15) is 16.1 Å². The molecule has 0 saturated carbocycles. The van der Waals surface area contributed by atoms with Gasteiger partial charge >= 0.3 is 6.09 Å². The number of ether oxygens (including phenoxy) is 1. The van der Waals surface area contributed by atoms with E-state index >= 15 is 0 Å². The van der Waals surface area contributed by atoms with E-state index in [9.17, 15) is 4.79 Å². The number of fused-ring (bicyclic) bond motifs is 1. The molecule has 2 aromatic rings. The van der Waals surface area contributed by atoms with E-state index in [2.05, 4.69) is 10.3 Å². The van der Waals surface area contributed by atoms with Crippen molar-refractivity contribution in [2.75, 3.05) is 18.9 Å². The zero-order valence-corrected chi connectivity index (χ0v) is 12.7. The monoisotopic (exact) mass is 303 g/mol. The fourth-order valence-electron chi connectivity index (χ4n) is 2.27. The molecule has 0 radical (unpaired) electrons. The van der Waals surface area contributed by atoms with Crippen LogP contribution in [0.5, 0.6) is 0 Å². The molecule has 0 aliphatic carbocycles. The van der Waals surface area contributed by atoms with Crippen molar-refractivity contribution in [2.24, 2.45) is 0 Å². The Labute approximate surface area is 127 Å². The van der Waals surface area contributed by atoms with Gasteiger partial charge in [-0.3, -0.25) is 0 Å². The lowest BCUT2D eigenvalue weighted by Gasteiger charge is -2.25. The number of nitrogens with one attached hydrogen (secondary N) is 1. The van der Waals surface area contributed by atoms with Gasteiger partial charge < -0.3 is 15.0 Å². The maximum absolute atomic E-state index is 12.1. The molecular weight excluding hydrogens is 286 g/mol. The topological polar surface area (TPSA) is 54.5 Å². The molecule has 0 fully saturated rings. The van der Waals surface area contributed by atoms with Crippen molar-refractivity contribution in [3.05, 3.63) is 46.5 Å². The summed E-state index contributed by atoms with van der Waals surface area (Å²) in [6.07, 6.45) is 0.525. The number of nitrogens with zero attached hydrogens (tertiary/aromatic N) is 2. The Kier molecular flexibility index (Phi) is 4.06. The van der Waals surface area contributed by atoms with E-state index in [4.69, 9.17) is 4.74 Å². The number of carbonyl (C=O) groups excluding carboxylic acids is 1. The predicted molar refractivity (Wildman–Crippen MR) is 82.4 cm³/mol. The van der Waals surface area contributed by atoms with Crippen molar-refractivity contribution >= 4 is 22.6 Å². The fraction of sp³-hybridized carbons (Fsp3) is 0.333. The number of hydrogen-bond donors (Lipinski definition) is 1. The summed E-state index contributed by atoms with van der Waals surface area (Å²) in [5, 5.41) is 3.95. The average molecular weight is 303 g/mol. The van der Waals surface area contributed by atoms with Crippen LogP contribution in [0, 0.1) is 0 Å². The Morgan fingerprint density at radius 1 is 1.43 bits per heavy atom. The van der Waals surface area contributed by atoms with Crippen molar-refractivity contribution < 1.29 is 9.53 Å². The molecule has 6 heteroatoms. The van der Waals surface area contributed by atoms with Gasteiger partial charge in [-0.25, -0.2) is 9.78 Å². The average Bonchev–Trinajstić information content (AvgIpc) is 2.95. The van der Waals surface area contributed by atoms with Crippen LogP contribution in [0.3, 0.4) is 0 Å². The van der Waals surface area contributed by atoms with E-state index in [0.717, 1.165) is 27.7 Å². The first-order chi connectivity index (χ1) is 10.3. The Bertz CT molecular complexity index is 627. The summed E-state index contributed by atoms with van der Waals surface area (Å²) in [6, 6.07) is 9.72. The van der Waals surface area contributed by atoms with Gasteiger partial charge in [0, 0.05) is 24.9 Å². The molecule has 0 saturated heterocycles. The summed E-state index contributed by atoms with van der Waals surface area (Å²) in [5.41, 5.74) is 2.09. The number of rotatable bonds is 3. The van der Waals surface area contributed by atoms with Gasteiger partial charge in [-0.05, 0) is 5.56 Å². The molecule has 1 aliphatic heterocycles. The van der Waals surface area contributed by atoms with E-state index in [1.807, 2.05) is 37.4 Å². The Balaban J connectivity index is 1.59. The Morgan fingerprint density at radius 2 is 2.24 bits per heavy atom. The number of aromatic nitrogens is 1. The van der Waals surface area contributed by atoms with E-state index in [0.29, 0.717) is 19.7 Å². The van der Waals surface area contributed by atoms with Crippen LogP contribution in [0.4, 0.5) is 9.93 Å². The SMILES string of the molecule is CNc1nc2c(s1)CN(C(=O)OCc1ccccc1)CC2. The third-order valence-electron chi connectivity index (χ3n) is 3.41. The second-order valence-corrected chi connectivity index (χ2v) is 5.93. The highest BCUT2D eigenvalue weighted by Crippen LogP contribution is 2.28. The van der Waals surface area contributed by atoms with Crippen LogP contribution in [-0.4, -0.2) is 29.6 Å². The predicted octanol–water partition coefficient (Wildman–Crippen LogP) is 2.88. The maximum atomic E-state index is 12.1.